The number of rotatable bonds is 6. The van der Waals surface area contributed by atoms with Crippen molar-refractivity contribution in [2.45, 2.75) is 19.3 Å². The predicted molar refractivity (Wildman–Crippen MR) is 102 cm³/mol. The largest absolute Gasteiger partial charge is 0.365 e. The van der Waals surface area contributed by atoms with Crippen molar-refractivity contribution in [1.82, 2.24) is 9.78 Å². The first-order valence-electron chi connectivity index (χ1n) is 8.39. The third-order valence-electron chi connectivity index (χ3n) is 4.59. The predicted octanol–water partition coefficient (Wildman–Crippen LogP) is 3.12. The number of aryl methyl sites for hydroxylation is 2. The Kier molecular flexibility index (Phi) is 5.38. The van der Waals surface area contributed by atoms with Gasteiger partial charge in [-0.05, 0) is 55.3 Å². The highest BCUT2D eigenvalue weighted by molar-refractivity contribution is 7.14. The Balaban J connectivity index is 2.16. The number of aromatic nitrogens is 2. The summed E-state index contributed by atoms with van der Waals surface area (Å²) >= 11 is 1.28. The third kappa shape index (κ3) is 3.63. The molecule has 4 N–H and O–H groups in total. The van der Waals surface area contributed by atoms with Crippen molar-refractivity contribution in [1.29, 1.82) is 0 Å². The Labute approximate surface area is 159 Å². The summed E-state index contributed by atoms with van der Waals surface area (Å²) in [5.74, 6) is -2.00. The highest BCUT2D eigenvalue weighted by Gasteiger charge is 2.28. The van der Waals surface area contributed by atoms with Crippen molar-refractivity contribution in [3.63, 3.8) is 0 Å². The summed E-state index contributed by atoms with van der Waals surface area (Å²) in [5.41, 5.74) is 14.1. The zero-order valence-corrected chi connectivity index (χ0v) is 15.8. The van der Waals surface area contributed by atoms with Gasteiger partial charge in [0.2, 0.25) is 0 Å². The molecule has 0 saturated carbocycles. The number of thiophene rings is 1. The van der Waals surface area contributed by atoms with E-state index in [9.17, 15) is 13.6 Å². The first kappa shape index (κ1) is 19.2. The molecule has 0 aliphatic heterocycles. The Morgan fingerprint density at radius 1 is 1.33 bits per heavy atom. The Hall–Kier alpha value is -2.58. The van der Waals surface area contributed by atoms with E-state index in [0.29, 0.717) is 10.4 Å². The molecule has 27 heavy (non-hydrogen) atoms. The zero-order chi connectivity index (χ0) is 19.7. The van der Waals surface area contributed by atoms with E-state index in [1.807, 2.05) is 13.0 Å². The van der Waals surface area contributed by atoms with Gasteiger partial charge < -0.3 is 11.5 Å². The van der Waals surface area contributed by atoms with Crippen molar-refractivity contribution in [2.75, 3.05) is 6.54 Å². The number of nitrogens with zero attached hydrogens (tertiary/aromatic N) is 2. The van der Waals surface area contributed by atoms with Gasteiger partial charge in [-0.15, -0.1) is 11.3 Å². The lowest BCUT2D eigenvalue weighted by Gasteiger charge is -2.19. The van der Waals surface area contributed by atoms with E-state index in [1.54, 1.807) is 17.9 Å². The first-order valence-corrected chi connectivity index (χ1v) is 9.20. The van der Waals surface area contributed by atoms with Crippen molar-refractivity contribution >= 4 is 17.2 Å². The van der Waals surface area contributed by atoms with Crippen LogP contribution in [0.2, 0.25) is 0 Å². The topological polar surface area (TPSA) is 86.9 Å². The SMILES string of the molecule is Cc1sc(C(N)=O)c([C@@H](CN)Cc2cc(F)ccc2F)c1-c1ccnn1C. The van der Waals surface area contributed by atoms with Gasteiger partial charge in [0, 0.05) is 29.6 Å². The van der Waals surface area contributed by atoms with Gasteiger partial charge in [0.25, 0.3) is 5.91 Å². The van der Waals surface area contributed by atoms with Crippen LogP contribution in [-0.4, -0.2) is 22.2 Å². The Morgan fingerprint density at radius 3 is 2.67 bits per heavy atom. The minimum Gasteiger partial charge on any atom is -0.365 e. The van der Waals surface area contributed by atoms with Gasteiger partial charge >= 0.3 is 0 Å². The summed E-state index contributed by atoms with van der Waals surface area (Å²) in [6.45, 7) is 2.04. The molecule has 0 aliphatic rings. The molecule has 1 atom stereocenters. The van der Waals surface area contributed by atoms with Crippen LogP contribution in [0.25, 0.3) is 11.3 Å². The number of nitrogens with two attached hydrogens (primary N) is 2. The molecule has 2 heterocycles. The number of hydrogen-bond acceptors (Lipinski definition) is 4. The summed E-state index contributed by atoms with van der Waals surface area (Å²) in [5, 5.41) is 4.19. The summed E-state index contributed by atoms with van der Waals surface area (Å²) in [4.78, 5) is 13.3. The fourth-order valence-corrected chi connectivity index (χ4v) is 4.44. The fraction of sp³-hybridized carbons (Fsp3) is 0.263. The van der Waals surface area contributed by atoms with Crippen LogP contribution < -0.4 is 11.5 Å². The minimum absolute atomic E-state index is 0.150. The molecule has 2 aromatic heterocycles. The second-order valence-corrected chi connectivity index (χ2v) is 7.58. The maximum absolute atomic E-state index is 14.2. The summed E-state index contributed by atoms with van der Waals surface area (Å²) in [6, 6.07) is 5.15. The maximum atomic E-state index is 14.2. The Bertz CT molecular complexity index is 996. The highest BCUT2D eigenvalue weighted by Crippen LogP contribution is 2.41. The number of primary amides is 1. The van der Waals surface area contributed by atoms with Gasteiger partial charge in [-0.25, -0.2) is 8.78 Å². The first-order chi connectivity index (χ1) is 12.8. The maximum Gasteiger partial charge on any atom is 0.259 e. The van der Waals surface area contributed by atoms with Crippen LogP contribution in [-0.2, 0) is 13.5 Å². The molecule has 0 saturated heterocycles. The Morgan fingerprint density at radius 2 is 2.07 bits per heavy atom. The zero-order valence-electron chi connectivity index (χ0n) is 15.0. The number of carbonyl (C=O) groups excluding carboxylic acids is 1. The van der Waals surface area contributed by atoms with Gasteiger partial charge in [0.05, 0.1) is 10.6 Å². The molecule has 0 radical (unpaired) electrons. The fourth-order valence-electron chi connectivity index (χ4n) is 3.34. The van der Waals surface area contributed by atoms with Gasteiger partial charge in [-0.1, -0.05) is 0 Å². The van der Waals surface area contributed by atoms with Crippen LogP contribution in [0.1, 0.15) is 31.6 Å². The van der Waals surface area contributed by atoms with Gasteiger partial charge in [-0.3, -0.25) is 9.48 Å². The molecule has 3 aromatic rings. The molecule has 3 rings (SSSR count). The molecule has 8 heteroatoms. The summed E-state index contributed by atoms with van der Waals surface area (Å²) in [6.07, 6.45) is 1.81. The number of carbonyl (C=O) groups is 1. The molecule has 1 aromatic carbocycles. The highest BCUT2D eigenvalue weighted by atomic mass is 32.1. The molecule has 142 valence electrons. The smallest absolute Gasteiger partial charge is 0.259 e. The van der Waals surface area contributed by atoms with E-state index in [-0.39, 0.29) is 18.5 Å². The van der Waals surface area contributed by atoms with Gasteiger partial charge in [0.15, 0.2) is 0 Å². The van der Waals surface area contributed by atoms with E-state index < -0.39 is 23.5 Å². The van der Waals surface area contributed by atoms with Crippen LogP contribution in [0.5, 0.6) is 0 Å². The molecular weight excluding hydrogens is 370 g/mol. The molecule has 0 unspecified atom stereocenters. The quantitative estimate of drug-likeness (QED) is 0.678. The molecule has 5 nitrogen and oxygen atoms in total. The monoisotopic (exact) mass is 390 g/mol. The van der Waals surface area contributed by atoms with E-state index in [2.05, 4.69) is 5.10 Å². The normalized spacial score (nSPS) is 12.3. The van der Waals surface area contributed by atoms with Crippen molar-refractivity contribution < 1.29 is 13.6 Å². The lowest BCUT2D eigenvalue weighted by molar-refractivity contribution is 0.100. The standard InChI is InChI=1S/C19H20F2N4OS/c1-10-16(15-5-6-24-25(15)2)17(18(27-10)19(23)26)12(9-22)7-11-8-13(20)3-4-14(11)21/h3-6,8,12H,7,9,22H2,1-2H3,(H2,23,26)/t12-/m1/s1. The molecule has 0 bridgehead atoms. The lowest BCUT2D eigenvalue weighted by Crippen LogP contribution is -2.20. The van der Waals surface area contributed by atoms with Crippen LogP contribution in [0.15, 0.2) is 30.5 Å². The van der Waals surface area contributed by atoms with E-state index >= 15 is 0 Å². The number of benzene rings is 1. The van der Waals surface area contributed by atoms with Crippen molar-refractivity contribution in [3.05, 3.63) is 63.0 Å². The van der Waals surface area contributed by atoms with Crippen LogP contribution in [0, 0.1) is 18.6 Å². The number of halogens is 2. The minimum atomic E-state index is -0.565. The second-order valence-electron chi connectivity index (χ2n) is 6.35. The second kappa shape index (κ2) is 7.58. The molecule has 0 spiro atoms. The average Bonchev–Trinajstić information content (AvgIpc) is 3.18. The number of amides is 1. The van der Waals surface area contributed by atoms with E-state index in [4.69, 9.17) is 11.5 Å². The summed E-state index contributed by atoms with van der Waals surface area (Å²) < 4.78 is 29.5. The van der Waals surface area contributed by atoms with Crippen molar-refractivity contribution in [2.24, 2.45) is 18.5 Å². The molecule has 1 amide bonds. The molecule has 0 fully saturated rings. The van der Waals surface area contributed by atoms with Gasteiger partial charge in [-0.2, -0.15) is 5.10 Å². The third-order valence-corrected chi connectivity index (χ3v) is 5.72. The van der Waals surface area contributed by atoms with E-state index in [1.165, 1.54) is 11.3 Å². The summed E-state index contributed by atoms with van der Waals surface area (Å²) in [7, 11) is 1.80. The molecule has 0 aliphatic carbocycles. The average molecular weight is 390 g/mol. The van der Waals surface area contributed by atoms with Crippen LogP contribution in [0.3, 0.4) is 0 Å². The molecular formula is C19H20F2N4OS. The van der Waals surface area contributed by atoms with Crippen LogP contribution >= 0.6 is 11.3 Å². The van der Waals surface area contributed by atoms with Gasteiger partial charge in [0.1, 0.15) is 11.6 Å². The van der Waals surface area contributed by atoms with Crippen molar-refractivity contribution in [3.8, 4) is 11.3 Å². The van der Waals surface area contributed by atoms with Crippen LogP contribution in [0.4, 0.5) is 8.78 Å². The van der Waals surface area contributed by atoms with E-state index in [0.717, 1.165) is 34.3 Å². The number of hydrogen-bond donors (Lipinski definition) is 2. The lowest BCUT2D eigenvalue weighted by atomic mass is 9.87.